The van der Waals surface area contributed by atoms with Crippen molar-refractivity contribution in [2.24, 2.45) is 0 Å². The number of nitrogens with zero attached hydrogens (tertiary/aromatic N) is 1. The van der Waals surface area contributed by atoms with Gasteiger partial charge in [0.05, 0.1) is 13.1 Å². The van der Waals surface area contributed by atoms with Crippen LogP contribution in [-0.4, -0.2) is 28.9 Å². The molecule has 0 aliphatic carbocycles. The molecule has 2 heteroatoms. The predicted octanol–water partition coefficient (Wildman–Crippen LogP) is 2.38. The van der Waals surface area contributed by atoms with Gasteiger partial charge in [-0.2, -0.15) is 0 Å². The Morgan fingerprint density at radius 1 is 1.13 bits per heavy atom. The Morgan fingerprint density at radius 3 is 2.07 bits per heavy atom. The van der Waals surface area contributed by atoms with Gasteiger partial charge in [-0.3, -0.25) is 4.48 Å². The van der Waals surface area contributed by atoms with Crippen LogP contribution in [0.3, 0.4) is 0 Å². The molecule has 1 atom stereocenters. The lowest BCUT2D eigenvalue weighted by molar-refractivity contribution is -0.978. The average molecular weight is 208 g/mol. The molecule has 1 unspecified atom stereocenters. The number of hydrogen-bond donors (Lipinski definition) is 1. The molecule has 0 radical (unpaired) electrons. The maximum Gasteiger partial charge on any atom is 0.187 e. The molecule has 1 N–H and O–H groups in total. The van der Waals surface area contributed by atoms with Gasteiger partial charge in [0, 0.05) is 12.5 Å². The van der Waals surface area contributed by atoms with Crippen LogP contribution in [0.4, 0.5) is 0 Å². The van der Waals surface area contributed by atoms with Crippen molar-refractivity contribution in [1.29, 1.82) is 0 Å². The first-order valence-corrected chi connectivity index (χ1v) is 5.72. The van der Waals surface area contributed by atoms with E-state index in [2.05, 4.69) is 38.1 Å². The monoisotopic (exact) mass is 208 g/mol. The molecule has 0 aliphatic heterocycles. The van der Waals surface area contributed by atoms with E-state index in [-0.39, 0.29) is 6.23 Å². The average Bonchev–Trinajstić information content (AvgIpc) is 2.27. The van der Waals surface area contributed by atoms with E-state index >= 15 is 0 Å². The molecule has 15 heavy (non-hydrogen) atoms. The van der Waals surface area contributed by atoms with Crippen LogP contribution in [0, 0.1) is 0 Å². The molecule has 0 saturated carbocycles. The molecule has 0 bridgehead atoms. The highest BCUT2D eigenvalue weighted by atomic mass is 16.3. The number of hydrogen-bond acceptors (Lipinski definition) is 1. The smallest absolute Gasteiger partial charge is 0.187 e. The van der Waals surface area contributed by atoms with Crippen LogP contribution >= 0.6 is 0 Å². The molecular weight excluding hydrogens is 186 g/mol. The molecule has 0 amide bonds. The maximum atomic E-state index is 9.90. The molecule has 1 rings (SSSR count). The summed E-state index contributed by atoms with van der Waals surface area (Å²) in [5.74, 6) is 0. The lowest BCUT2D eigenvalue weighted by atomic mass is 10.1. The van der Waals surface area contributed by atoms with Crippen molar-refractivity contribution >= 4 is 0 Å². The van der Waals surface area contributed by atoms with Gasteiger partial charge in [0.25, 0.3) is 0 Å². The van der Waals surface area contributed by atoms with E-state index in [1.807, 2.05) is 13.0 Å². The summed E-state index contributed by atoms with van der Waals surface area (Å²) in [4.78, 5) is 0. The highest BCUT2D eigenvalue weighted by Crippen LogP contribution is 2.17. The van der Waals surface area contributed by atoms with Gasteiger partial charge in [-0.1, -0.05) is 30.3 Å². The van der Waals surface area contributed by atoms with Crippen molar-refractivity contribution < 1.29 is 9.59 Å². The first-order chi connectivity index (χ1) is 7.14. The second-order valence-electron chi connectivity index (χ2n) is 4.13. The minimum atomic E-state index is -0.305. The second-order valence-corrected chi connectivity index (χ2v) is 4.13. The Hall–Kier alpha value is -0.860. The van der Waals surface area contributed by atoms with E-state index in [0.29, 0.717) is 0 Å². The molecule has 0 spiro atoms. The number of benzene rings is 1. The zero-order chi connectivity index (χ0) is 11.3. The molecule has 0 saturated heterocycles. The lowest BCUT2D eigenvalue weighted by Crippen LogP contribution is -2.53. The van der Waals surface area contributed by atoms with Crippen molar-refractivity contribution in [2.45, 2.75) is 33.5 Å². The highest BCUT2D eigenvalue weighted by Gasteiger charge is 2.28. The molecular formula is C13H22NO+. The van der Waals surface area contributed by atoms with Crippen LogP contribution in [0.2, 0.25) is 0 Å². The van der Waals surface area contributed by atoms with Gasteiger partial charge in [-0.15, -0.1) is 0 Å². The third-order valence-corrected chi connectivity index (χ3v) is 3.39. The molecule has 0 aliphatic rings. The highest BCUT2D eigenvalue weighted by molar-refractivity contribution is 5.13. The normalized spacial score (nSPS) is 13.9. The number of aliphatic hydroxyl groups is 1. The SMILES string of the molecule is CC[N+](CC)(Cc1ccccc1)C(C)O. The minimum Gasteiger partial charge on any atom is -0.345 e. The first-order valence-electron chi connectivity index (χ1n) is 5.72. The van der Waals surface area contributed by atoms with E-state index in [1.54, 1.807) is 0 Å². The Morgan fingerprint density at radius 2 is 1.67 bits per heavy atom. The molecule has 0 heterocycles. The second kappa shape index (κ2) is 5.29. The Balaban J connectivity index is 2.84. The molecule has 0 fully saturated rings. The van der Waals surface area contributed by atoms with Gasteiger partial charge < -0.3 is 5.11 Å². The van der Waals surface area contributed by atoms with Gasteiger partial charge >= 0.3 is 0 Å². The molecule has 0 aromatic heterocycles. The zero-order valence-electron chi connectivity index (χ0n) is 9.98. The Labute approximate surface area is 92.8 Å². The minimum absolute atomic E-state index is 0.305. The summed E-state index contributed by atoms with van der Waals surface area (Å²) in [5.41, 5.74) is 1.29. The molecule has 1 aromatic rings. The van der Waals surface area contributed by atoms with Gasteiger partial charge in [-0.05, 0) is 13.8 Å². The van der Waals surface area contributed by atoms with E-state index in [0.717, 1.165) is 24.1 Å². The van der Waals surface area contributed by atoms with E-state index in [4.69, 9.17) is 0 Å². The van der Waals surface area contributed by atoms with Crippen LogP contribution in [0.25, 0.3) is 0 Å². The van der Waals surface area contributed by atoms with Crippen molar-refractivity contribution in [3.05, 3.63) is 35.9 Å². The van der Waals surface area contributed by atoms with Crippen LogP contribution in [0.1, 0.15) is 26.3 Å². The maximum absolute atomic E-state index is 9.90. The summed E-state index contributed by atoms with van der Waals surface area (Å²) in [6.07, 6.45) is -0.305. The Kier molecular flexibility index (Phi) is 4.30. The van der Waals surface area contributed by atoms with Crippen molar-refractivity contribution in [1.82, 2.24) is 0 Å². The molecule has 84 valence electrons. The lowest BCUT2D eigenvalue weighted by Gasteiger charge is -2.39. The fourth-order valence-corrected chi connectivity index (χ4v) is 2.05. The zero-order valence-corrected chi connectivity index (χ0v) is 9.98. The van der Waals surface area contributed by atoms with E-state index in [1.165, 1.54) is 5.56 Å². The summed E-state index contributed by atoms with van der Waals surface area (Å²) in [6, 6.07) is 10.4. The third-order valence-electron chi connectivity index (χ3n) is 3.39. The first kappa shape index (κ1) is 12.2. The quantitative estimate of drug-likeness (QED) is 0.582. The molecule has 1 aromatic carbocycles. The van der Waals surface area contributed by atoms with Crippen molar-refractivity contribution in [3.63, 3.8) is 0 Å². The van der Waals surface area contributed by atoms with E-state index < -0.39 is 0 Å². The van der Waals surface area contributed by atoms with Gasteiger partial charge in [0.15, 0.2) is 6.23 Å². The van der Waals surface area contributed by atoms with Crippen LogP contribution < -0.4 is 0 Å². The third kappa shape index (κ3) is 2.80. The fraction of sp³-hybridized carbons (Fsp3) is 0.538. The number of quaternary nitrogens is 1. The van der Waals surface area contributed by atoms with Crippen molar-refractivity contribution in [2.75, 3.05) is 13.1 Å². The van der Waals surface area contributed by atoms with Crippen LogP contribution in [0.5, 0.6) is 0 Å². The standard InChI is InChI=1S/C13H22NO/c1-4-14(5-2,12(3)15)11-13-9-7-6-8-10-13/h6-10,12,15H,4-5,11H2,1-3H3/q+1. The van der Waals surface area contributed by atoms with Gasteiger partial charge in [0.1, 0.15) is 6.54 Å². The predicted molar refractivity (Wildman–Crippen MR) is 63.2 cm³/mol. The fourth-order valence-electron chi connectivity index (χ4n) is 2.05. The molecule has 2 nitrogen and oxygen atoms in total. The Bertz CT molecular complexity index is 278. The largest absolute Gasteiger partial charge is 0.345 e. The summed E-state index contributed by atoms with van der Waals surface area (Å²) in [7, 11) is 0. The van der Waals surface area contributed by atoms with Crippen LogP contribution in [0.15, 0.2) is 30.3 Å². The van der Waals surface area contributed by atoms with Gasteiger partial charge in [0.2, 0.25) is 0 Å². The van der Waals surface area contributed by atoms with E-state index in [9.17, 15) is 5.11 Å². The topological polar surface area (TPSA) is 20.2 Å². The van der Waals surface area contributed by atoms with Gasteiger partial charge in [-0.25, -0.2) is 0 Å². The summed E-state index contributed by atoms with van der Waals surface area (Å²) < 4.78 is 0.740. The summed E-state index contributed by atoms with van der Waals surface area (Å²) in [6.45, 7) is 8.99. The van der Waals surface area contributed by atoms with Crippen LogP contribution in [-0.2, 0) is 6.54 Å². The number of aliphatic hydroxyl groups excluding tert-OH is 1. The summed E-state index contributed by atoms with van der Waals surface area (Å²) in [5, 5.41) is 9.90. The summed E-state index contributed by atoms with van der Waals surface area (Å²) >= 11 is 0. The van der Waals surface area contributed by atoms with Crippen molar-refractivity contribution in [3.8, 4) is 0 Å². The number of rotatable bonds is 5.